The number of rotatable bonds is 4. The summed E-state index contributed by atoms with van der Waals surface area (Å²) in [6, 6.07) is 7.20. The van der Waals surface area contributed by atoms with Gasteiger partial charge in [0.05, 0.1) is 11.3 Å². The van der Waals surface area contributed by atoms with Gasteiger partial charge in [0.25, 0.3) is 5.91 Å². The van der Waals surface area contributed by atoms with E-state index >= 15 is 0 Å². The van der Waals surface area contributed by atoms with E-state index in [2.05, 4.69) is 5.32 Å². The van der Waals surface area contributed by atoms with Gasteiger partial charge in [-0.1, -0.05) is 12.1 Å². The fourth-order valence-corrected chi connectivity index (χ4v) is 1.67. The van der Waals surface area contributed by atoms with Gasteiger partial charge in [0.15, 0.2) is 0 Å². The van der Waals surface area contributed by atoms with Crippen LogP contribution in [0.3, 0.4) is 0 Å². The first-order valence-electron chi connectivity index (χ1n) is 5.74. The molecule has 2 rings (SSSR count). The molecule has 0 aliphatic heterocycles. The van der Waals surface area contributed by atoms with E-state index in [4.69, 9.17) is 5.73 Å². The number of halogens is 3. The lowest BCUT2D eigenvalue weighted by atomic mass is 10.1. The van der Waals surface area contributed by atoms with Crippen molar-refractivity contribution < 1.29 is 18.0 Å². The molecule has 1 amide bonds. The lowest BCUT2D eigenvalue weighted by Gasteiger charge is -2.09. The van der Waals surface area contributed by atoms with E-state index in [1.54, 1.807) is 0 Å². The Hall–Kier alpha value is -2.50. The number of primary amides is 1. The van der Waals surface area contributed by atoms with Crippen LogP contribution in [0.2, 0.25) is 0 Å². The van der Waals surface area contributed by atoms with Crippen LogP contribution in [0.5, 0.6) is 0 Å². The van der Waals surface area contributed by atoms with Crippen molar-refractivity contribution in [3.8, 4) is 0 Å². The molecule has 0 spiro atoms. The van der Waals surface area contributed by atoms with E-state index < -0.39 is 23.1 Å². The summed E-state index contributed by atoms with van der Waals surface area (Å²) in [5.74, 6) is -3.21. The lowest BCUT2D eigenvalue weighted by Crippen LogP contribution is -2.14. The number of benzene rings is 2. The Morgan fingerprint density at radius 3 is 2.30 bits per heavy atom. The summed E-state index contributed by atoms with van der Waals surface area (Å²) >= 11 is 0. The van der Waals surface area contributed by atoms with Gasteiger partial charge in [0.2, 0.25) is 0 Å². The second kappa shape index (κ2) is 5.64. The van der Waals surface area contributed by atoms with E-state index in [9.17, 15) is 18.0 Å². The third-order valence-corrected chi connectivity index (χ3v) is 2.72. The molecule has 0 radical (unpaired) electrons. The number of amides is 1. The predicted octanol–water partition coefficient (Wildman–Crippen LogP) is 2.81. The Balaban J connectivity index is 2.18. The maximum Gasteiger partial charge on any atom is 0.251 e. The van der Waals surface area contributed by atoms with Gasteiger partial charge in [-0.2, -0.15) is 0 Å². The smallest absolute Gasteiger partial charge is 0.251 e. The van der Waals surface area contributed by atoms with Crippen LogP contribution in [0.25, 0.3) is 0 Å². The van der Waals surface area contributed by atoms with E-state index in [0.29, 0.717) is 11.6 Å². The van der Waals surface area contributed by atoms with Crippen LogP contribution in [-0.4, -0.2) is 5.91 Å². The second-order valence-corrected chi connectivity index (χ2v) is 4.16. The number of carbonyl (C=O) groups is 1. The first-order valence-corrected chi connectivity index (χ1v) is 5.74. The van der Waals surface area contributed by atoms with Crippen molar-refractivity contribution in [3.05, 3.63) is 65.0 Å². The standard InChI is InChI=1S/C14H11F3N2O/c15-9-3-1-8(2-4-9)7-19-13-5-10(14(18)20)11(16)6-12(13)17/h1-6,19H,7H2,(H2,18,20). The largest absolute Gasteiger partial charge is 0.379 e. The highest BCUT2D eigenvalue weighted by Crippen LogP contribution is 2.20. The molecule has 2 aromatic carbocycles. The molecule has 0 saturated carbocycles. The van der Waals surface area contributed by atoms with Gasteiger partial charge in [-0.25, -0.2) is 13.2 Å². The fraction of sp³-hybridized carbons (Fsp3) is 0.0714. The molecule has 0 aromatic heterocycles. The van der Waals surface area contributed by atoms with Gasteiger partial charge in [-0.3, -0.25) is 4.79 Å². The molecule has 0 fully saturated rings. The zero-order chi connectivity index (χ0) is 14.7. The van der Waals surface area contributed by atoms with E-state index in [0.717, 1.165) is 6.07 Å². The van der Waals surface area contributed by atoms with Gasteiger partial charge in [-0.15, -0.1) is 0 Å². The molecule has 0 bridgehead atoms. The fourth-order valence-electron chi connectivity index (χ4n) is 1.67. The molecule has 0 heterocycles. The predicted molar refractivity (Wildman–Crippen MR) is 68.6 cm³/mol. The highest BCUT2D eigenvalue weighted by atomic mass is 19.1. The monoisotopic (exact) mass is 280 g/mol. The van der Waals surface area contributed by atoms with E-state index in [-0.39, 0.29) is 18.0 Å². The summed E-state index contributed by atoms with van der Waals surface area (Å²) < 4.78 is 39.6. The average molecular weight is 280 g/mol. The Labute approximate surface area is 113 Å². The van der Waals surface area contributed by atoms with Gasteiger partial charge in [0.1, 0.15) is 17.5 Å². The van der Waals surface area contributed by atoms with Crippen LogP contribution in [0, 0.1) is 17.5 Å². The molecule has 104 valence electrons. The molecule has 0 atom stereocenters. The van der Waals surface area contributed by atoms with Crippen LogP contribution >= 0.6 is 0 Å². The summed E-state index contributed by atoms with van der Waals surface area (Å²) in [6.45, 7) is 0.195. The number of nitrogens with two attached hydrogens (primary N) is 1. The Morgan fingerprint density at radius 1 is 1.05 bits per heavy atom. The first kappa shape index (κ1) is 13.9. The normalized spacial score (nSPS) is 10.3. The summed E-state index contributed by atoms with van der Waals surface area (Å²) in [7, 11) is 0. The van der Waals surface area contributed by atoms with Gasteiger partial charge in [0, 0.05) is 12.6 Å². The molecule has 0 saturated heterocycles. The lowest BCUT2D eigenvalue weighted by molar-refractivity contribution is 0.0996. The molecule has 2 aromatic rings. The van der Waals surface area contributed by atoms with Crippen molar-refractivity contribution in [2.75, 3.05) is 5.32 Å². The molecule has 0 unspecified atom stereocenters. The minimum absolute atomic E-state index is 0.0514. The van der Waals surface area contributed by atoms with E-state index in [1.807, 2.05) is 0 Å². The number of hydrogen-bond donors (Lipinski definition) is 2. The Morgan fingerprint density at radius 2 is 1.70 bits per heavy atom. The van der Waals surface area contributed by atoms with Crippen molar-refractivity contribution in [1.29, 1.82) is 0 Å². The quantitative estimate of drug-likeness (QED) is 0.904. The maximum atomic E-state index is 13.5. The number of anilines is 1. The molecule has 0 aliphatic carbocycles. The zero-order valence-electron chi connectivity index (χ0n) is 10.3. The van der Waals surface area contributed by atoms with Crippen LogP contribution in [0.4, 0.5) is 18.9 Å². The molecule has 3 nitrogen and oxygen atoms in total. The van der Waals surface area contributed by atoms with Crippen LogP contribution in [-0.2, 0) is 6.54 Å². The molecule has 20 heavy (non-hydrogen) atoms. The summed E-state index contributed by atoms with van der Waals surface area (Å²) in [6.07, 6.45) is 0. The van der Waals surface area contributed by atoms with Crippen LogP contribution in [0.1, 0.15) is 15.9 Å². The summed E-state index contributed by atoms with van der Waals surface area (Å²) in [5, 5.41) is 2.70. The SMILES string of the molecule is NC(=O)c1cc(NCc2ccc(F)cc2)c(F)cc1F. The number of carbonyl (C=O) groups excluding carboxylic acids is 1. The van der Waals surface area contributed by atoms with Crippen molar-refractivity contribution in [2.24, 2.45) is 5.73 Å². The van der Waals surface area contributed by atoms with E-state index in [1.165, 1.54) is 24.3 Å². The minimum atomic E-state index is -1.01. The van der Waals surface area contributed by atoms with Gasteiger partial charge >= 0.3 is 0 Å². The number of nitrogens with one attached hydrogen (secondary N) is 1. The minimum Gasteiger partial charge on any atom is -0.379 e. The highest BCUT2D eigenvalue weighted by molar-refractivity contribution is 5.94. The molecule has 3 N–H and O–H groups in total. The van der Waals surface area contributed by atoms with Gasteiger partial charge in [-0.05, 0) is 23.8 Å². The second-order valence-electron chi connectivity index (χ2n) is 4.16. The first-order chi connectivity index (χ1) is 9.47. The van der Waals surface area contributed by atoms with Crippen LogP contribution in [0.15, 0.2) is 36.4 Å². The third kappa shape index (κ3) is 3.09. The molecular weight excluding hydrogens is 269 g/mol. The van der Waals surface area contributed by atoms with Crippen molar-refractivity contribution >= 4 is 11.6 Å². The van der Waals surface area contributed by atoms with Crippen LogP contribution < -0.4 is 11.1 Å². The Kier molecular flexibility index (Phi) is 3.93. The number of hydrogen-bond acceptors (Lipinski definition) is 2. The molecule has 0 aliphatic rings. The average Bonchev–Trinajstić information content (AvgIpc) is 2.39. The summed E-state index contributed by atoms with van der Waals surface area (Å²) in [5.41, 5.74) is 5.24. The molecule has 6 heteroatoms. The van der Waals surface area contributed by atoms with Crippen molar-refractivity contribution in [2.45, 2.75) is 6.54 Å². The Bertz CT molecular complexity index is 642. The topological polar surface area (TPSA) is 55.1 Å². The van der Waals surface area contributed by atoms with Crippen molar-refractivity contribution in [1.82, 2.24) is 0 Å². The maximum absolute atomic E-state index is 13.5. The summed E-state index contributed by atoms with van der Waals surface area (Å²) in [4.78, 5) is 11.0. The zero-order valence-corrected chi connectivity index (χ0v) is 10.3. The highest BCUT2D eigenvalue weighted by Gasteiger charge is 2.13. The van der Waals surface area contributed by atoms with Gasteiger partial charge < -0.3 is 11.1 Å². The van der Waals surface area contributed by atoms with Crippen molar-refractivity contribution in [3.63, 3.8) is 0 Å². The molecular formula is C14H11F3N2O. The third-order valence-electron chi connectivity index (χ3n) is 2.72.